The Labute approximate surface area is 162 Å². The highest BCUT2D eigenvalue weighted by molar-refractivity contribution is 5.90. The van der Waals surface area contributed by atoms with Crippen LogP contribution in [0.5, 0.6) is 17.4 Å². The lowest BCUT2D eigenvalue weighted by Crippen LogP contribution is -2.46. The second kappa shape index (κ2) is 8.90. The number of aromatic nitrogens is 2. The number of likely N-dealkylation sites (tertiary alicyclic amines) is 1. The Balaban J connectivity index is 1.65. The molecule has 1 fully saturated rings. The van der Waals surface area contributed by atoms with Crippen LogP contribution in [0, 0.1) is 11.3 Å². The van der Waals surface area contributed by atoms with E-state index < -0.39 is 0 Å². The van der Waals surface area contributed by atoms with Gasteiger partial charge in [-0.1, -0.05) is 0 Å². The molecule has 1 aliphatic rings. The first-order chi connectivity index (χ1) is 13.6. The first-order valence-electron chi connectivity index (χ1n) is 8.79. The number of hydrogen-bond acceptors (Lipinski definition) is 7. The van der Waals surface area contributed by atoms with Gasteiger partial charge in [0.2, 0.25) is 5.69 Å². The second-order valence-electron chi connectivity index (χ2n) is 6.18. The maximum atomic E-state index is 12.7. The molecule has 1 aromatic heterocycles. The summed E-state index contributed by atoms with van der Waals surface area (Å²) in [6.07, 6.45) is 4.19. The number of carbonyl (C=O) groups excluding carboxylic acids is 1. The van der Waals surface area contributed by atoms with Crippen molar-refractivity contribution in [2.24, 2.45) is 0 Å². The fraction of sp³-hybridized carbons (Fsp3) is 0.368. The molecule has 1 aromatic carbocycles. The van der Waals surface area contributed by atoms with Gasteiger partial charge in [-0.05, 0) is 12.8 Å². The highest BCUT2D eigenvalue weighted by Gasteiger charge is 2.26. The zero-order valence-corrected chi connectivity index (χ0v) is 15.7. The molecule has 0 bridgehead atoms. The third kappa shape index (κ3) is 4.59. The molecule has 1 saturated heterocycles. The smallest absolute Gasteiger partial charge is 0.321 e. The van der Waals surface area contributed by atoms with Gasteiger partial charge in [0.05, 0.1) is 20.8 Å². The molecule has 1 atom stereocenters. The Kier molecular flexibility index (Phi) is 6.11. The van der Waals surface area contributed by atoms with Crippen LogP contribution < -0.4 is 19.5 Å². The van der Waals surface area contributed by atoms with Crippen molar-refractivity contribution in [3.63, 3.8) is 0 Å². The van der Waals surface area contributed by atoms with E-state index in [0.29, 0.717) is 30.3 Å². The molecule has 2 amide bonds. The van der Waals surface area contributed by atoms with Gasteiger partial charge in [-0.3, -0.25) is 0 Å². The Bertz CT molecular complexity index is 861. The van der Waals surface area contributed by atoms with Crippen molar-refractivity contribution in [1.29, 1.82) is 5.26 Å². The molecule has 0 aliphatic carbocycles. The fourth-order valence-corrected chi connectivity index (χ4v) is 2.95. The maximum absolute atomic E-state index is 12.7. The lowest BCUT2D eigenvalue weighted by atomic mass is 10.1. The molecule has 3 rings (SSSR count). The highest BCUT2D eigenvalue weighted by Crippen LogP contribution is 2.26. The van der Waals surface area contributed by atoms with Crippen LogP contribution in [0.2, 0.25) is 0 Å². The van der Waals surface area contributed by atoms with E-state index >= 15 is 0 Å². The van der Waals surface area contributed by atoms with E-state index in [2.05, 4.69) is 15.3 Å². The van der Waals surface area contributed by atoms with Crippen molar-refractivity contribution >= 4 is 11.7 Å². The van der Waals surface area contributed by atoms with Crippen LogP contribution in [0.1, 0.15) is 18.5 Å². The number of ether oxygens (including phenoxy) is 3. The third-order valence-corrected chi connectivity index (χ3v) is 4.32. The quantitative estimate of drug-likeness (QED) is 0.844. The minimum absolute atomic E-state index is 0.132. The lowest BCUT2D eigenvalue weighted by molar-refractivity contribution is 0.102. The predicted molar refractivity (Wildman–Crippen MR) is 101 cm³/mol. The first-order valence-corrected chi connectivity index (χ1v) is 8.79. The number of urea groups is 1. The van der Waals surface area contributed by atoms with E-state index in [0.717, 1.165) is 12.8 Å². The van der Waals surface area contributed by atoms with Crippen LogP contribution >= 0.6 is 0 Å². The molecule has 9 nitrogen and oxygen atoms in total. The maximum Gasteiger partial charge on any atom is 0.321 e. The molecular formula is C19H21N5O4. The standard InChI is InChI=1S/C19H21N5O4/c1-26-15-8-13(9-16(10-15)27-2)23-19(25)24-7-3-4-14(12-24)28-18-17(11-20)21-5-6-22-18/h5-6,8-10,14H,3-4,7,12H2,1-2H3,(H,23,25). The number of piperidine rings is 1. The number of rotatable bonds is 5. The number of nitrogens with one attached hydrogen (secondary N) is 1. The monoisotopic (exact) mass is 383 g/mol. The van der Waals surface area contributed by atoms with Crippen molar-refractivity contribution in [1.82, 2.24) is 14.9 Å². The van der Waals surface area contributed by atoms with Crippen molar-refractivity contribution in [3.8, 4) is 23.4 Å². The SMILES string of the molecule is COc1cc(NC(=O)N2CCCC(Oc3nccnc3C#N)C2)cc(OC)c1. The van der Waals surface area contributed by atoms with Crippen LogP contribution in [-0.2, 0) is 0 Å². The van der Waals surface area contributed by atoms with Gasteiger partial charge in [-0.25, -0.2) is 14.8 Å². The zero-order chi connectivity index (χ0) is 19.9. The van der Waals surface area contributed by atoms with E-state index in [1.165, 1.54) is 12.4 Å². The number of carbonyl (C=O) groups is 1. The van der Waals surface area contributed by atoms with Gasteiger partial charge in [-0.2, -0.15) is 5.26 Å². The minimum Gasteiger partial charge on any atom is -0.497 e. The number of nitriles is 1. The molecule has 0 radical (unpaired) electrons. The van der Waals surface area contributed by atoms with E-state index in [-0.39, 0.29) is 23.7 Å². The first kappa shape index (κ1) is 19.2. The number of benzene rings is 1. The number of methoxy groups -OCH3 is 2. The molecule has 0 spiro atoms. The topological polar surface area (TPSA) is 110 Å². The Morgan fingerprint density at radius 2 is 1.93 bits per heavy atom. The van der Waals surface area contributed by atoms with Gasteiger partial charge in [0.25, 0.3) is 5.88 Å². The highest BCUT2D eigenvalue weighted by atomic mass is 16.5. The van der Waals surface area contributed by atoms with E-state index in [9.17, 15) is 4.79 Å². The van der Waals surface area contributed by atoms with Crippen LogP contribution in [0.25, 0.3) is 0 Å². The van der Waals surface area contributed by atoms with Crippen molar-refractivity contribution < 1.29 is 19.0 Å². The summed E-state index contributed by atoms with van der Waals surface area (Å²) in [5, 5.41) is 12.0. The van der Waals surface area contributed by atoms with Gasteiger partial charge >= 0.3 is 6.03 Å². The summed E-state index contributed by atoms with van der Waals surface area (Å²) < 4.78 is 16.3. The number of amides is 2. The Morgan fingerprint density at radius 3 is 2.61 bits per heavy atom. The fourth-order valence-electron chi connectivity index (χ4n) is 2.95. The predicted octanol–water partition coefficient (Wildman–Crippen LogP) is 2.44. The van der Waals surface area contributed by atoms with E-state index in [1.54, 1.807) is 37.3 Å². The molecule has 2 heterocycles. The van der Waals surface area contributed by atoms with Crippen LogP contribution in [0.3, 0.4) is 0 Å². The third-order valence-electron chi connectivity index (χ3n) is 4.32. The number of hydrogen-bond donors (Lipinski definition) is 1. The molecule has 2 aromatic rings. The summed E-state index contributed by atoms with van der Waals surface area (Å²) >= 11 is 0. The molecule has 28 heavy (non-hydrogen) atoms. The molecule has 1 aliphatic heterocycles. The van der Waals surface area contributed by atoms with Crippen molar-refractivity contribution in [3.05, 3.63) is 36.3 Å². The summed E-state index contributed by atoms with van der Waals surface area (Å²) in [7, 11) is 3.10. The van der Waals surface area contributed by atoms with Gasteiger partial charge in [0, 0.05) is 42.8 Å². The summed E-state index contributed by atoms with van der Waals surface area (Å²) in [4.78, 5) is 22.4. The molecule has 0 saturated carbocycles. The van der Waals surface area contributed by atoms with E-state index in [4.69, 9.17) is 19.5 Å². The molecule has 9 heteroatoms. The number of anilines is 1. The van der Waals surface area contributed by atoms with Gasteiger partial charge in [0.1, 0.15) is 23.7 Å². The summed E-state index contributed by atoms with van der Waals surface area (Å²) in [5.74, 6) is 1.36. The van der Waals surface area contributed by atoms with E-state index in [1.807, 2.05) is 6.07 Å². The average molecular weight is 383 g/mol. The van der Waals surface area contributed by atoms with Crippen LogP contribution in [0.15, 0.2) is 30.6 Å². The molecular weight excluding hydrogens is 362 g/mol. The molecule has 1 unspecified atom stereocenters. The zero-order valence-electron chi connectivity index (χ0n) is 15.7. The van der Waals surface area contributed by atoms with Crippen molar-refractivity contribution in [2.45, 2.75) is 18.9 Å². The summed E-state index contributed by atoms with van der Waals surface area (Å²) in [6, 6.07) is 6.88. The summed E-state index contributed by atoms with van der Waals surface area (Å²) in [6.45, 7) is 0.993. The van der Waals surface area contributed by atoms with Gasteiger partial charge in [-0.15, -0.1) is 0 Å². The minimum atomic E-state index is -0.261. The van der Waals surface area contributed by atoms with Crippen LogP contribution in [0.4, 0.5) is 10.5 Å². The van der Waals surface area contributed by atoms with Crippen LogP contribution in [-0.4, -0.2) is 54.3 Å². The lowest BCUT2D eigenvalue weighted by Gasteiger charge is -2.32. The Morgan fingerprint density at radius 1 is 1.21 bits per heavy atom. The normalized spacial score (nSPS) is 16.0. The summed E-state index contributed by atoms with van der Waals surface area (Å²) in [5.41, 5.74) is 0.706. The van der Waals surface area contributed by atoms with Gasteiger partial charge in [0.15, 0.2) is 0 Å². The average Bonchev–Trinajstić information content (AvgIpc) is 2.74. The second-order valence-corrected chi connectivity index (χ2v) is 6.18. The molecule has 146 valence electrons. The largest absolute Gasteiger partial charge is 0.497 e. The van der Waals surface area contributed by atoms with Crippen molar-refractivity contribution in [2.75, 3.05) is 32.6 Å². The number of nitrogens with zero attached hydrogens (tertiary/aromatic N) is 4. The Hall–Kier alpha value is -3.54. The molecule has 1 N–H and O–H groups in total. The van der Waals surface area contributed by atoms with Gasteiger partial charge < -0.3 is 24.4 Å².